The molecule has 0 atom stereocenters. The summed E-state index contributed by atoms with van der Waals surface area (Å²) < 4.78 is 2.07. The van der Waals surface area contributed by atoms with Crippen LogP contribution in [0.2, 0.25) is 0 Å². The molecule has 4 aromatic rings. The SMILES string of the molecule is Cc1[nH]ncc1-c1c(C=NO)c2ccccc2n1-c1ccc(O)cc1. The number of aromatic nitrogens is 3. The summed E-state index contributed by atoms with van der Waals surface area (Å²) in [4.78, 5) is 0. The van der Waals surface area contributed by atoms with Gasteiger partial charge < -0.3 is 14.9 Å². The fourth-order valence-electron chi connectivity index (χ4n) is 3.18. The van der Waals surface area contributed by atoms with E-state index in [-0.39, 0.29) is 5.75 Å². The summed E-state index contributed by atoms with van der Waals surface area (Å²) in [7, 11) is 0. The number of benzene rings is 2. The molecular weight excluding hydrogens is 316 g/mol. The van der Waals surface area contributed by atoms with E-state index in [0.717, 1.165) is 39.1 Å². The van der Waals surface area contributed by atoms with Crippen LogP contribution in [0.3, 0.4) is 0 Å². The van der Waals surface area contributed by atoms with Gasteiger partial charge in [-0.25, -0.2) is 0 Å². The Balaban J connectivity index is 2.16. The maximum Gasteiger partial charge on any atom is 0.115 e. The van der Waals surface area contributed by atoms with Gasteiger partial charge in [0.2, 0.25) is 0 Å². The van der Waals surface area contributed by atoms with Gasteiger partial charge in [-0.15, -0.1) is 0 Å². The van der Waals surface area contributed by atoms with Crippen molar-refractivity contribution in [2.45, 2.75) is 6.92 Å². The highest BCUT2D eigenvalue weighted by atomic mass is 16.4. The molecule has 4 rings (SSSR count). The molecule has 124 valence electrons. The zero-order valence-corrected chi connectivity index (χ0v) is 13.5. The van der Waals surface area contributed by atoms with Crippen molar-refractivity contribution in [1.82, 2.24) is 14.8 Å². The summed E-state index contributed by atoms with van der Waals surface area (Å²) in [6.45, 7) is 1.95. The van der Waals surface area contributed by atoms with E-state index in [0.29, 0.717) is 0 Å². The van der Waals surface area contributed by atoms with Crippen LogP contribution in [0.4, 0.5) is 0 Å². The van der Waals surface area contributed by atoms with Crippen molar-refractivity contribution < 1.29 is 10.3 Å². The second kappa shape index (κ2) is 5.83. The van der Waals surface area contributed by atoms with Crippen LogP contribution in [-0.2, 0) is 0 Å². The van der Waals surface area contributed by atoms with Gasteiger partial charge in [-0.3, -0.25) is 5.10 Å². The van der Waals surface area contributed by atoms with Gasteiger partial charge in [0.05, 0.1) is 23.6 Å². The molecule has 2 aromatic carbocycles. The van der Waals surface area contributed by atoms with Gasteiger partial charge in [-0.05, 0) is 37.3 Å². The topological polar surface area (TPSA) is 86.4 Å². The van der Waals surface area contributed by atoms with E-state index in [2.05, 4.69) is 19.9 Å². The minimum absolute atomic E-state index is 0.207. The van der Waals surface area contributed by atoms with E-state index in [1.165, 1.54) is 6.21 Å². The second-order valence-electron chi connectivity index (χ2n) is 5.78. The molecular formula is C19H16N4O2. The fourth-order valence-corrected chi connectivity index (χ4v) is 3.18. The summed E-state index contributed by atoms with van der Waals surface area (Å²) in [5.74, 6) is 0.207. The van der Waals surface area contributed by atoms with E-state index in [1.807, 2.05) is 43.3 Å². The van der Waals surface area contributed by atoms with Crippen LogP contribution in [0.1, 0.15) is 11.3 Å². The Kier molecular flexibility index (Phi) is 3.50. The average Bonchev–Trinajstić information content (AvgIpc) is 3.18. The van der Waals surface area contributed by atoms with Gasteiger partial charge in [-0.2, -0.15) is 5.10 Å². The van der Waals surface area contributed by atoms with Crippen molar-refractivity contribution >= 4 is 17.1 Å². The molecule has 0 spiro atoms. The number of nitrogens with one attached hydrogen (secondary N) is 1. The zero-order valence-electron chi connectivity index (χ0n) is 13.5. The summed E-state index contributed by atoms with van der Waals surface area (Å²) in [6, 6.07) is 14.9. The van der Waals surface area contributed by atoms with E-state index in [4.69, 9.17) is 0 Å². The molecule has 0 aliphatic heterocycles. The van der Waals surface area contributed by atoms with Crippen LogP contribution in [0.15, 0.2) is 59.9 Å². The van der Waals surface area contributed by atoms with Crippen molar-refractivity contribution in [3.05, 3.63) is 66.0 Å². The van der Waals surface area contributed by atoms with Gasteiger partial charge in [0.1, 0.15) is 5.75 Å². The lowest BCUT2D eigenvalue weighted by atomic mass is 10.1. The van der Waals surface area contributed by atoms with Crippen LogP contribution in [0.25, 0.3) is 27.8 Å². The molecule has 6 nitrogen and oxygen atoms in total. The molecule has 0 unspecified atom stereocenters. The van der Waals surface area contributed by atoms with Crippen LogP contribution in [0.5, 0.6) is 5.75 Å². The van der Waals surface area contributed by atoms with Crippen LogP contribution >= 0.6 is 0 Å². The molecule has 0 saturated heterocycles. The molecule has 0 bridgehead atoms. The number of fused-ring (bicyclic) bond motifs is 1. The number of oxime groups is 1. The van der Waals surface area contributed by atoms with Crippen LogP contribution in [0, 0.1) is 6.92 Å². The molecule has 2 heterocycles. The largest absolute Gasteiger partial charge is 0.508 e. The van der Waals surface area contributed by atoms with E-state index < -0.39 is 0 Å². The maximum atomic E-state index is 9.63. The summed E-state index contributed by atoms with van der Waals surface area (Å²) in [6.07, 6.45) is 3.20. The van der Waals surface area contributed by atoms with E-state index in [9.17, 15) is 10.3 Å². The lowest BCUT2D eigenvalue weighted by Crippen LogP contribution is -1.98. The smallest absolute Gasteiger partial charge is 0.115 e. The minimum Gasteiger partial charge on any atom is -0.508 e. The molecule has 0 radical (unpaired) electrons. The highest BCUT2D eigenvalue weighted by molar-refractivity contribution is 6.07. The Morgan fingerprint density at radius 1 is 1.12 bits per heavy atom. The number of phenolic OH excluding ortho intramolecular Hbond substituents is 1. The van der Waals surface area contributed by atoms with Crippen LogP contribution in [-0.4, -0.2) is 31.3 Å². The normalized spacial score (nSPS) is 11.6. The van der Waals surface area contributed by atoms with Crippen molar-refractivity contribution in [3.8, 4) is 22.7 Å². The van der Waals surface area contributed by atoms with Crippen molar-refractivity contribution in [2.24, 2.45) is 5.16 Å². The summed E-state index contributed by atoms with van der Waals surface area (Å²) >= 11 is 0. The number of hydrogen-bond acceptors (Lipinski definition) is 4. The van der Waals surface area contributed by atoms with E-state index >= 15 is 0 Å². The first kappa shape index (κ1) is 15.0. The van der Waals surface area contributed by atoms with Crippen molar-refractivity contribution in [1.29, 1.82) is 0 Å². The molecule has 0 amide bonds. The number of H-pyrrole nitrogens is 1. The molecule has 0 aliphatic rings. The Morgan fingerprint density at radius 3 is 2.56 bits per heavy atom. The molecule has 0 saturated carbocycles. The summed E-state index contributed by atoms with van der Waals surface area (Å²) in [5, 5.41) is 30.1. The fraction of sp³-hybridized carbons (Fsp3) is 0.0526. The lowest BCUT2D eigenvalue weighted by Gasteiger charge is -2.11. The Morgan fingerprint density at radius 2 is 1.88 bits per heavy atom. The minimum atomic E-state index is 0.207. The van der Waals surface area contributed by atoms with Gasteiger partial charge in [0, 0.05) is 27.9 Å². The highest BCUT2D eigenvalue weighted by Gasteiger charge is 2.21. The number of rotatable bonds is 3. The highest BCUT2D eigenvalue weighted by Crippen LogP contribution is 2.36. The quantitative estimate of drug-likeness (QED) is 0.303. The van der Waals surface area contributed by atoms with Gasteiger partial charge in [0.15, 0.2) is 0 Å². The Hall–Kier alpha value is -3.54. The Labute approximate surface area is 143 Å². The third-order valence-electron chi connectivity index (χ3n) is 4.29. The average molecular weight is 332 g/mol. The number of aromatic amines is 1. The van der Waals surface area contributed by atoms with Crippen LogP contribution < -0.4 is 0 Å². The molecule has 0 aliphatic carbocycles. The number of aromatic hydroxyl groups is 1. The first-order valence-corrected chi connectivity index (χ1v) is 7.81. The predicted molar refractivity (Wildman–Crippen MR) is 96.6 cm³/mol. The molecule has 2 aromatic heterocycles. The molecule has 6 heteroatoms. The molecule has 3 N–H and O–H groups in total. The number of hydrogen-bond donors (Lipinski definition) is 3. The number of aryl methyl sites for hydroxylation is 1. The van der Waals surface area contributed by atoms with E-state index in [1.54, 1.807) is 18.3 Å². The molecule has 0 fully saturated rings. The standard InChI is InChI=1S/C19H16N4O2/c1-12-16(10-20-22-12)19-17(11-21-25)15-4-2-3-5-18(15)23(19)13-6-8-14(24)9-7-13/h2-11,24-25H,1H3,(H,20,22). The second-order valence-corrected chi connectivity index (χ2v) is 5.78. The first-order chi connectivity index (χ1) is 12.2. The van der Waals surface area contributed by atoms with Crippen molar-refractivity contribution in [3.63, 3.8) is 0 Å². The van der Waals surface area contributed by atoms with Gasteiger partial charge >= 0.3 is 0 Å². The lowest BCUT2D eigenvalue weighted by molar-refractivity contribution is 0.322. The number of phenols is 1. The third kappa shape index (κ3) is 2.35. The monoisotopic (exact) mass is 332 g/mol. The Bertz CT molecular complexity index is 1070. The molecule has 25 heavy (non-hydrogen) atoms. The zero-order chi connectivity index (χ0) is 17.4. The van der Waals surface area contributed by atoms with Gasteiger partial charge in [-0.1, -0.05) is 23.4 Å². The summed E-state index contributed by atoms with van der Waals surface area (Å²) in [5.41, 5.74) is 5.36. The van der Waals surface area contributed by atoms with Crippen molar-refractivity contribution in [2.75, 3.05) is 0 Å². The number of nitrogens with zero attached hydrogens (tertiary/aromatic N) is 3. The first-order valence-electron chi connectivity index (χ1n) is 7.81. The third-order valence-corrected chi connectivity index (χ3v) is 4.29. The maximum absolute atomic E-state index is 9.63. The van der Waals surface area contributed by atoms with Gasteiger partial charge in [0.25, 0.3) is 0 Å². The predicted octanol–water partition coefficient (Wildman–Crippen LogP) is 3.84. The number of para-hydroxylation sites is 1.